The van der Waals surface area contributed by atoms with Crippen molar-refractivity contribution in [2.45, 2.75) is 26.4 Å². The molecule has 19 heavy (non-hydrogen) atoms. The Kier molecular flexibility index (Phi) is 5.04. The number of nitrogens with zero attached hydrogens (tertiary/aromatic N) is 1. The molecule has 1 amide bonds. The molecule has 0 radical (unpaired) electrons. The summed E-state index contributed by atoms with van der Waals surface area (Å²) in [7, 11) is 0. The van der Waals surface area contributed by atoms with E-state index in [9.17, 15) is 19.7 Å². The number of hydrogen-bond donors (Lipinski definition) is 1. The minimum atomic E-state index is -0.739. The third kappa shape index (κ3) is 4.78. The van der Waals surface area contributed by atoms with E-state index in [4.69, 9.17) is 9.15 Å². The highest BCUT2D eigenvalue weighted by Crippen LogP contribution is 2.15. The van der Waals surface area contributed by atoms with E-state index < -0.39 is 22.7 Å². The molecular formula is C11H14N2O6. The van der Waals surface area contributed by atoms with Gasteiger partial charge in [0.25, 0.3) is 5.91 Å². The number of amides is 1. The van der Waals surface area contributed by atoms with Crippen molar-refractivity contribution in [3.05, 3.63) is 28.0 Å². The van der Waals surface area contributed by atoms with Crippen molar-refractivity contribution in [3.8, 4) is 0 Å². The molecule has 0 fully saturated rings. The maximum Gasteiger partial charge on any atom is 0.433 e. The summed E-state index contributed by atoms with van der Waals surface area (Å²) >= 11 is 0. The molecule has 1 aromatic rings. The highest BCUT2D eigenvalue weighted by molar-refractivity contribution is 5.91. The molecule has 0 atom stereocenters. The molecule has 104 valence electrons. The minimum absolute atomic E-state index is 0.0206. The second-order valence-corrected chi connectivity index (χ2v) is 3.94. The Balaban J connectivity index is 2.39. The average molecular weight is 270 g/mol. The summed E-state index contributed by atoms with van der Waals surface area (Å²) < 4.78 is 9.57. The lowest BCUT2D eigenvalue weighted by Gasteiger charge is -2.07. The lowest BCUT2D eigenvalue weighted by atomic mass is 10.3. The zero-order chi connectivity index (χ0) is 14.4. The molecule has 0 aliphatic rings. The first kappa shape index (κ1) is 14.7. The Hall–Kier alpha value is -2.38. The molecule has 1 heterocycles. The molecular weight excluding hydrogens is 256 g/mol. The molecule has 0 spiro atoms. The van der Waals surface area contributed by atoms with Crippen LogP contribution >= 0.6 is 0 Å². The molecule has 0 unspecified atom stereocenters. The molecule has 0 aliphatic carbocycles. The third-order valence-electron chi connectivity index (χ3n) is 1.98. The van der Waals surface area contributed by atoms with Crippen molar-refractivity contribution in [1.82, 2.24) is 5.32 Å². The van der Waals surface area contributed by atoms with Gasteiger partial charge in [-0.05, 0) is 19.9 Å². The largest absolute Gasteiger partial charge is 0.463 e. The van der Waals surface area contributed by atoms with Crippen LogP contribution < -0.4 is 5.32 Å². The summed E-state index contributed by atoms with van der Waals surface area (Å²) in [4.78, 5) is 32.3. The molecule has 0 bridgehead atoms. The average Bonchev–Trinajstić information content (AvgIpc) is 2.76. The molecule has 0 saturated heterocycles. The maximum absolute atomic E-state index is 11.5. The molecule has 1 N–H and O–H groups in total. The van der Waals surface area contributed by atoms with Gasteiger partial charge in [-0.25, -0.2) is 0 Å². The van der Waals surface area contributed by atoms with E-state index in [2.05, 4.69) is 5.32 Å². The van der Waals surface area contributed by atoms with E-state index in [1.54, 1.807) is 13.8 Å². The zero-order valence-corrected chi connectivity index (χ0v) is 10.5. The highest BCUT2D eigenvalue weighted by atomic mass is 16.6. The lowest BCUT2D eigenvalue weighted by Crippen LogP contribution is -2.26. The number of furan rings is 1. The third-order valence-corrected chi connectivity index (χ3v) is 1.98. The monoisotopic (exact) mass is 270 g/mol. The zero-order valence-electron chi connectivity index (χ0n) is 10.5. The van der Waals surface area contributed by atoms with Crippen molar-refractivity contribution in [3.63, 3.8) is 0 Å². The summed E-state index contributed by atoms with van der Waals surface area (Å²) in [5, 5.41) is 12.8. The number of nitro groups is 1. The minimum Gasteiger partial charge on any atom is -0.463 e. The van der Waals surface area contributed by atoms with Crippen LogP contribution in [0.2, 0.25) is 0 Å². The second-order valence-electron chi connectivity index (χ2n) is 3.94. The summed E-state index contributed by atoms with van der Waals surface area (Å²) in [6, 6.07) is 2.28. The van der Waals surface area contributed by atoms with Crippen molar-refractivity contribution in [2.24, 2.45) is 0 Å². The number of esters is 1. The Labute approximate surface area is 108 Å². The summed E-state index contributed by atoms with van der Waals surface area (Å²) in [6.07, 6.45) is -0.192. The lowest BCUT2D eigenvalue weighted by molar-refractivity contribution is -0.402. The van der Waals surface area contributed by atoms with E-state index in [0.29, 0.717) is 0 Å². The number of ether oxygens (including phenoxy) is 1. The topological polar surface area (TPSA) is 112 Å². The highest BCUT2D eigenvalue weighted by Gasteiger charge is 2.17. The normalized spacial score (nSPS) is 10.3. The molecule has 1 aromatic heterocycles. The fourth-order valence-corrected chi connectivity index (χ4v) is 1.23. The number of nitrogens with one attached hydrogen (secondary N) is 1. The van der Waals surface area contributed by atoms with Gasteiger partial charge in [0.1, 0.15) is 4.92 Å². The van der Waals surface area contributed by atoms with Crippen LogP contribution in [0.25, 0.3) is 0 Å². The molecule has 0 saturated carbocycles. The van der Waals surface area contributed by atoms with Gasteiger partial charge >= 0.3 is 11.9 Å². The molecule has 1 rings (SSSR count). The Bertz CT molecular complexity index is 479. The van der Waals surface area contributed by atoms with Crippen molar-refractivity contribution in [1.29, 1.82) is 0 Å². The van der Waals surface area contributed by atoms with Crippen molar-refractivity contribution in [2.75, 3.05) is 6.54 Å². The molecule has 8 nitrogen and oxygen atoms in total. The first-order valence-corrected chi connectivity index (χ1v) is 5.62. The number of rotatable bonds is 6. The van der Waals surface area contributed by atoms with Gasteiger partial charge in [-0.3, -0.25) is 19.7 Å². The first-order valence-electron chi connectivity index (χ1n) is 5.62. The van der Waals surface area contributed by atoms with Crippen LogP contribution in [0.5, 0.6) is 0 Å². The quantitative estimate of drug-likeness (QED) is 0.473. The van der Waals surface area contributed by atoms with E-state index >= 15 is 0 Å². The maximum atomic E-state index is 11.5. The van der Waals surface area contributed by atoms with E-state index in [-0.39, 0.29) is 24.8 Å². The van der Waals surface area contributed by atoms with Gasteiger partial charge in [0.2, 0.25) is 0 Å². The summed E-state index contributed by atoms with van der Waals surface area (Å²) in [5.74, 6) is -1.74. The predicted octanol–water partition coefficient (Wildman–Crippen LogP) is 1.26. The number of carbonyl (C=O) groups excluding carboxylic acids is 2. The molecule has 8 heteroatoms. The van der Waals surface area contributed by atoms with Gasteiger partial charge < -0.3 is 14.5 Å². The molecule has 0 aromatic carbocycles. The smallest absolute Gasteiger partial charge is 0.433 e. The van der Waals surface area contributed by atoms with Crippen LogP contribution in [0.4, 0.5) is 5.88 Å². The van der Waals surface area contributed by atoms with Gasteiger partial charge in [-0.2, -0.15) is 0 Å². The van der Waals surface area contributed by atoms with Crippen LogP contribution in [-0.2, 0) is 9.53 Å². The predicted molar refractivity (Wildman–Crippen MR) is 63.5 cm³/mol. The van der Waals surface area contributed by atoms with Crippen molar-refractivity contribution >= 4 is 17.8 Å². The fourth-order valence-electron chi connectivity index (χ4n) is 1.23. The van der Waals surface area contributed by atoms with Gasteiger partial charge in [0, 0.05) is 6.54 Å². The molecule has 0 aliphatic heterocycles. The summed E-state index contributed by atoms with van der Waals surface area (Å²) in [5.41, 5.74) is 0. The number of hydrogen-bond acceptors (Lipinski definition) is 6. The summed E-state index contributed by atoms with van der Waals surface area (Å²) in [6.45, 7) is 3.51. The second kappa shape index (κ2) is 6.53. The van der Waals surface area contributed by atoms with E-state index in [1.807, 2.05) is 0 Å². The van der Waals surface area contributed by atoms with Gasteiger partial charge in [0.15, 0.2) is 5.76 Å². The van der Waals surface area contributed by atoms with Crippen LogP contribution in [0, 0.1) is 10.1 Å². The van der Waals surface area contributed by atoms with Crippen LogP contribution in [0.1, 0.15) is 30.8 Å². The van der Waals surface area contributed by atoms with E-state index in [1.165, 1.54) is 6.07 Å². The Morgan fingerprint density at radius 1 is 1.47 bits per heavy atom. The van der Waals surface area contributed by atoms with Gasteiger partial charge in [0.05, 0.1) is 18.6 Å². The van der Waals surface area contributed by atoms with Gasteiger partial charge in [-0.1, -0.05) is 0 Å². The fraction of sp³-hybridized carbons (Fsp3) is 0.455. The van der Waals surface area contributed by atoms with Gasteiger partial charge in [-0.15, -0.1) is 0 Å². The Morgan fingerprint density at radius 2 is 2.16 bits per heavy atom. The van der Waals surface area contributed by atoms with E-state index in [0.717, 1.165) is 6.07 Å². The number of carbonyl (C=O) groups is 2. The van der Waals surface area contributed by atoms with Crippen LogP contribution in [0.15, 0.2) is 16.5 Å². The standard InChI is InChI=1S/C11H14N2O6/c1-7(2)18-10(14)5-6-12-11(15)8-3-4-9(19-8)13(16)17/h3-4,7H,5-6H2,1-2H3,(H,12,15). The van der Waals surface area contributed by atoms with Crippen LogP contribution in [0.3, 0.4) is 0 Å². The van der Waals surface area contributed by atoms with Crippen molar-refractivity contribution < 1.29 is 23.7 Å². The Morgan fingerprint density at radius 3 is 2.68 bits per heavy atom. The SMILES string of the molecule is CC(C)OC(=O)CCNC(=O)c1ccc([N+](=O)[O-])o1. The first-order chi connectivity index (χ1) is 8.90. The van der Waals surface area contributed by atoms with Crippen LogP contribution in [-0.4, -0.2) is 29.4 Å².